The van der Waals surface area contributed by atoms with E-state index in [1.54, 1.807) is 7.05 Å². The number of nitrogens with one attached hydrogen (secondary N) is 2. The minimum Gasteiger partial charge on any atom is -0.356 e. The normalized spacial score (nSPS) is 16.7. The third kappa shape index (κ3) is 7.60. The average molecular weight is 450 g/mol. The van der Waals surface area contributed by atoms with E-state index in [1.165, 1.54) is 16.7 Å². The molecule has 1 saturated heterocycles. The second-order valence-corrected chi connectivity index (χ2v) is 9.23. The molecule has 0 spiro atoms. The van der Waals surface area contributed by atoms with Crippen molar-refractivity contribution < 1.29 is 4.79 Å². The number of rotatable bonds is 10. The highest BCUT2D eigenvalue weighted by atomic mass is 16.2. The summed E-state index contributed by atoms with van der Waals surface area (Å²) in [6, 6.07) is 19.4. The number of nitrogens with zero attached hydrogens (tertiary/aromatic N) is 3. The average Bonchev–Trinajstić information content (AvgIpc) is 3.18. The quantitative estimate of drug-likeness (QED) is 0.432. The van der Waals surface area contributed by atoms with E-state index in [0.717, 1.165) is 38.6 Å². The second kappa shape index (κ2) is 12.4. The zero-order valence-electron chi connectivity index (χ0n) is 20.6. The standard InChI is InChI=1S/C27H39N5O/c1-21(2)31(4)20-25-13-9-8-12-24(25)18-30-27(28-3)29-17-23-16-26(33)32(19-23)15-14-22-10-6-5-7-11-22/h5-13,21,23H,14-20H2,1-4H3,(H2,28,29,30). The Morgan fingerprint density at radius 3 is 2.48 bits per heavy atom. The van der Waals surface area contributed by atoms with Crippen molar-refractivity contribution in [3.05, 3.63) is 71.3 Å². The van der Waals surface area contributed by atoms with Gasteiger partial charge in [-0.25, -0.2) is 0 Å². The van der Waals surface area contributed by atoms with Crippen LogP contribution in [0.25, 0.3) is 0 Å². The molecule has 0 aromatic heterocycles. The summed E-state index contributed by atoms with van der Waals surface area (Å²) >= 11 is 0. The summed E-state index contributed by atoms with van der Waals surface area (Å²) < 4.78 is 0. The van der Waals surface area contributed by atoms with E-state index in [4.69, 9.17) is 0 Å². The number of aliphatic imine (C=N–C) groups is 1. The van der Waals surface area contributed by atoms with Gasteiger partial charge in [-0.2, -0.15) is 0 Å². The van der Waals surface area contributed by atoms with E-state index >= 15 is 0 Å². The molecular formula is C27H39N5O. The first-order valence-corrected chi connectivity index (χ1v) is 12.0. The zero-order chi connectivity index (χ0) is 23.6. The van der Waals surface area contributed by atoms with Crippen molar-refractivity contribution in [1.29, 1.82) is 0 Å². The van der Waals surface area contributed by atoms with Crippen LogP contribution in [0.4, 0.5) is 0 Å². The monoisotopic (exact) mass is 449 g/mol. The van der Waals surface area contributed by atoms with Crippen molar-refractivity contribution in [2.45, 2.75) is 45.8 Å². The summed E-state index contributed by atoms with van der Waals surface area (Å²) in [6.45, 7) is 8.39. The van der Waals surface area contributed by atoms with Gasteiger partial charge in [0.2, 0.25) is 5.91 Å². The number of carbonyl (C=O) groups excluding carboxylic acids is 1. The molecule has 2 aromatic carbocycles. The Hall–Kier alpha value is -2.86. The van der Waals surface area contributed by atoms with E-state index < -0.39 is 0 Å². The third-order valence-electron chi connectivity index (χ3n) is 6.46. The molecule has 0 aliphatic carbocycles. The van der Waals surface area contributed by atoms with Gasteiger partial charge in [-0.05, 0) is 44.0 Å². The van der Waals surface area contributed by atoms with Gasteiger partial charge >= 0.3 is 0 Å². The summed E-state index contributed by atoms with van der Waals surface area (Å²) in [5.41, 5.74) is 3.87. The number of likely N-dealkylation sites (tertiary alicyclic amines) is 1. The molecule has 2 aromatic rings. The van der Waals surface area contributed by atoms with Crippen LogP contribution >= 0.6 is 0 Å². The zero-order valence-corrected chi connectivity index (χ0v) is 20.6. The van der Waals surface area contributed by atoms with Gasteiger partial charge in [0.15, 0.2) is 5.96 Å². The lowest BCUT2D eigenvalue weighted by atomic mass is 10.1. The molecule has 178 valence electrons. The van der Waals surface area contributed by atoms with Crippen LogP contribution in [-0.4, -0.2) is 61.4 Å². The Bertz CT molecular complexity index is 912. The lowest BCUT2D eigenvalue weighted by molar-refractivity contribution is -0.127. The first kappa shape index (κ1) is 24.8. The van der Waals surface area contributed by atoms with Crippen molar-refractivity contribution in [2.75, 3.05) is 33.7 Å². The first-order chi connectivity index (χ1) is 16.0. The van der Waals surface area contributed by atoms with E-state index in [2.05, 4.69) is 77.8 Å². The number of hydrogen-bond donors (Lipinski definition) is 2. The highest BCUT2D eigenvalue weighted by Crippen LogP contribution is 2.18. The van der Waals surface area contributed by atoms with Crippen LogP contribution < -0.4 is 10.6 Å². The smallest absolute Gasteiger partial charge is 0.223 e. The third-order valence-corrected chi connectivity index (χ3v) is 6.46. The molecule has 0 radical (unpaired) electrons. The predicted molar refractivity (Wildman–Crippen MR) is 136 cm³/mol. The Morgan fingerprint density at radius 2 is 1.79 bits per heavy atom. The number of amides is 1. The fourth-order valence-electron chi connectivity index (χ4n) is 4.09. The molecule has 0 bridgehead atoms. The van der Waals surface area contributed by atoms with Crippen LogP contribution in [0, 0.1) is 5.92 Å². The van der Waals surface area contributed by atoms with Gasteiger partial charge in [-0.1, -0.05) is 54.6 Å². The van der Waals surface area contributed by atoms with Crippen LogP contribution in [0.1, 0.15) is 37.0 Å². The Kier molecular flexibility index (Phi) is 9.31. The highest BCUT2D eigenvalue weighted by Gasteiger charge is 2.29. The summed E-state index contributed by atoms with van der Waals surface area (Å²) in [5.74, 6) is 1.33. The molecule has 6 heteroatoms. The largest absolute Gasteiger partial charge is 0.356 e. The SMILES string of the molecule is CN=C(NCc1ccccc1CN(C)C(C)C)NCC1CC(=O)N(CCc2ccccc2)C1. The highest BCUT2D eigenvalue weighted by molar-refractivity contribution is 5.80. The molecule has 33 heavy (non-hydrogen) atoms. The fraction of sp³-hybridized carbons (Fsp3) is 0.481. The van der Waals surface area contributed by atoms with Crippen LogP contribution in [0.5, 0.6) is 0 Å². The van der Waals surface area contributed by atoms with Gasteiger partial charge in [0.05, 0.1) is 0 Å². The van der Waals surface area contributed by atoms with Gasteiger partial charge in [-0.3, -0.25) is 14.7 Å². The van der Waals surface area contributed by atoms with Crippen LogP contribution in [0.3, 0.4) is 0 Å². The second-order valence-electron chi connectivity index (χ2n) is 9.23. The molecule has 1 amide bonds. The maximum Gasteiger partial charge on any atom is 0.223 e. The van der Waals surface area contributed by atoms with Gasteiger partial charge in [-0.15, -0.1) is 0 Å². The Balaban J connectivity index is 1.45. The predicted octanol–water partition coefficient (Wildman–Crippen LogP) is 3.28. The van der Waals surface area contributed by atoms with E-state index in [0.29, 0.717) is 24.9 Å². The van der Waals surface area contributed by atoms with Gasteiger partial charge < -0.3 is 15.5 Å². The summed E-state index contributed by atoms with van der Waals surface area (Å²) in [4.78, 5) is 21.2. The van der Waals surface area contributed by atoms with Crippen molar-refractivity contribution in [1.82, 2.24) is 20.4 Å². The van der Waals surface area contributed by atoms with E-state index in [1.807, 2.05) is 23.1 Å². The molecule has 1 aliphatic heterocycles. The van der Waals surface area contributed by atoms with Crippen molar-refractivity contribution in [3.8, 4) is 0 Å². The number of guanidine groups is 1. The number of benzene rings is 2. The maximum absolute atomic E-state index is 12.5. The van der Waals surface area contributed by atoms with Crippen molar-refractivity contribution in [3.63, 3.8) is 0 Å². The minimum atomic E-state index is 0.254. The summed E-state index contributed by atoms with van der Waals surface area (Å²) in [6.07, 6.45) is 1.50. The fourth-order valence-corrected chi connectivity index (χ4v) is 4.09. The molecule has 2 N–H and O–H groups in total. The molecular weight excluding hydrogens is 410 g/mol. The van der Waals surface area contributed by atoms with Crippen LogP contribution in [-0.2, 0) is 24.3 Å². The summed E-state index contributed by atoms with van der Waals surface area (Å²) in [7, 11) is 3.95. The number of carbonyl (C=O) groups is 1. The molecule has 1 unspecified atom stereocenters. The van der Waals surface area contributed by atoms with Crippen molar-refractivity contribution in [2.24, 2.45) is 10.9 Å². The van der Waals surface area contributed by atoms with Gasteiger partial charge in [0.25, 0.3) is 0 Å². The Labute approximate surface area is 199 Å². The van der Waals surface area contributed by atoms with Crippen molar-refractivity contribution >= 4 is 11.9 Å². The molecule has 1 fully saturated rings. The molecule has 1 atom stereocenters. The minimum absolute atomic E-state index is 0.254. The van der Waals surface area contributed by atoms with Gasteiger partial charge in [0.1, 0.15) is 0 Å². The lowest BCUT2D eigenvalue weighted by Gasteiger charge is -2.23. The molecule has 1 heterocycles. The van der Waals surface area contributed by atoms with Crippen LogP contribution in [0.2, 0.25) is 0 Å². The molecule has 1 aliphatic rings. The molecule has 3 rings (SSSR count). The molecule has 0 saturated carbocycles. The Morgan fingerprint density at radius 1 is 1.09 bits per heavy atom. The topological polar surface area (TPSA) is 60.0 Å². The van der Waals surface area contributed by atoms with E-state index in [-0.39, 0.29) is 5.91 Å². The van der Waals surface area contributed by atoms with Gasteiger partial charge in [0, 0.05) is 58.2 Å². The lowest BCUT2D eigenvalue weighted by Crippen LogP contribution is -2.40. The molecule has 6 nitrogen and oxygen atoms in total. The maximum atomic E-state index is 12.5. The first-order valence-electron chi connectivity index (χ1n) is 12.0. The number of hydrogen-bond acceptors (Lipinski definition) is 3. The van der Waals surface area contributed by atoms with E-state index in [9.17, 15) is 4.79 Å². The summed E-state index contributed by atoms with van der Waals surface area (Å²) in [5, 5.41) is 6.87. The van der Waals surface area contributed by atoms with Crippen LogP contribution in [0.15, 0.2) is 59.6 Å².